The largest absolute Gasteiger partial charge is 0.448 e. The Labute approximate surface area is 182 Å². The maximum absolute atomic E-state index is 13.0. The molecule has 2 saturated carbocycles. The number of ether oxygens (including phenoxy) is 1. The van der Waals surface area contributed by atoms with Crippen LogP contribution in [0.3, 0.4) is 0 Å². The molecule has 0 aliphatic heterocycles. The van der Waals surface area contributed by atoms with Gasteiger partial charge < -0.3 is 9.64 Å². The van der Waals surface area contributed by atoms with Gasteiger partial charge in [0, 0.05) is 13.0 Å². The molecule has 0 unspecified atom stereocenters. The number of hydrogen-bond acceptors (Lipinski definition) is 5. The first kappa shape index (κ1) is 21.1. The Bertz CT molecular complexity index is 998. The summed E-state index contributed by atoms with van der Waals surface area (Å²) in [7, 11) is 1.64. The summed E-state index contributed by atoms with van der Waals surface area (Å²) in [6, 6.07) is 13.5. The van der Waals surface area contributed by atoms with Crippen molar-refractivity contribution < 1.29 is 14.3 Å². The van der Waals surface area contributed by atoms with Crippen molar-refractivity contribution >= 4 is 11.9 Å². The summed E-state index contributed by atoms with van der Waals surface area (Å²) in [5.41, 5.74) is 1.13. The van der Waals surface area contributed by atoms with Crippen LogP contribution in [0.15, 0.2) is 36.4 Å². The monoisotopic (exact) mass is 420 g/mol. The Morgan fingerprint density at radius 1 is 1.23 bits per heavy atom. The highest BCUT2D eigenvalue weighted by Gasteiger charge is 2.41. The summed E-state index contributed by atoms with van der Waals surface area (Å²) in [6.07, 6.45) is 5.35. The van der Waals surface area contributed by atoms with E-state index in [9.17, 15) is 14.9 Å². The van der Waals surface area contributed by atoms with Gasteiger partial charge in [-0.3, -0.25) is 4.79 Å². The van der Waals surface area contributed by atoms with Crippen LogP contribution in [0.2, 0.25) is 0 Å². The van der Waals surface area contributed by atoms with Crippen molar-refractivity contribution in [3.8, 4) is 11.8 Å². The quantitative estimate of drug-likeness (QED) is 0.660. The van der Waals surface area contributed by atoms with E-state index in [0.717, 1.165) is 43.5 Å². The second-order valence-electron chi connectivity index (χ2n) is 8.62. The molecular weight excluding hydrogens is 392 g/mol. The number of carbonyl (C=O) groups is 2. The van der Waals surface area contributed by atoms with Crippen molar-refractivity contribution in [2.24, 2.45) is 0 Å². The predicted molar refractivity (Wildman–Crippen MR) is 115 cm³/mol. The van der Waals surface area contributed by atoms with Gasteiger partial charge in [0.1, 0.15) is 5.54 Å². The van der Waals surface area contributed by atoms with Crippen molar-refractivity contribution in [3.05, 3.63) is 47.8 Å². The summed E-state index contributed by atoms with van der Waals surface area (Å²) in [4.78, 5) is 27.5. The number of para-hydroxylation sites is 1. The van der Waals surface area contributed by atoms with Gasteiger partial charge >= 0.3 is 5.97 Å². The van der Waals surface area contributed by atoms with Crippen LogP contribution in [-0.2, 0) is 9.53 Å². The van der Waals surface area contributed by atoms with Crippen molar-refractivity contribution in [1.29, 1.82) is 5.26 Å². The van der Waals surface area contributed by atoms with Crippen molar-refractivity contribution in [2.45, 2.75) is 69.4 Å². The molecule has 0 saturated heterocycles. The zero-order valence-electron chi connectivity index (χ0n) is 18.1. The lowest BCUT2D eigenvalue weighted by Crippen LogP contribution is -2.53. The van der Waals surface area contributed by atoms with Crippen LogP contribution in [-0.4, -0.2) is 45.2 Å². The summed E-state index contributed by atoms with van der Waals surface area (Å²) >= 11 is 0. The van der Waals surface area contributed by atoms with E-state index in [4.69, 9.17) is 4.74 Å². The Balaban J connectivity index is 1.53. The minimum Gasteiger partial charge on any atom is -0.448 e. The van der Waals surface area contributed by atoms with Crippen molar-refractivity contribution in [1.82, 2.24) is 14.7 Å². The van der Waals surface area contributed by atoms with E-state index >= 15 is 0 Å². The van der Waals surface area contributed by atoms with E-state index < -0.39 is 17.6 Å². The van der Waals surface area contributed by atoms with Crippen LogP contribution in [0.5, 0.6) is 0 Å². The Morgan fingerprint density at radius 2 is 1.90 bits per heavy atom. The normalized spacial score (nSPS) is 18.6. The van der Waals surface area contributed by atoms with E-state index in [0.29, 0.717) is 24.5 Å². The first-order chi connectivity index (χ1) is 14.9. The second-order valence-corrected chi connectivity index (χ2v) is 8.62. The summed E-state index contributed by atoms with van der Waals surface area (Å²) in [5.74, 6) is -0.569. The molecule has 2 aromatic rings. The molecule has 1 heterocycles. The number of hydrogen-bond donors (Lipinski definition) is 0. The summed E-state index contributed by atoms with van der Waals surface area (Å²) in [6.45, 7) is 1.57. The van der Waals surface area contributed by atoms with Crippen LogP contribution in [0.4, 0.5) is 0 Å². The average molecular weight is 421 g/mol. The van der Waals surface area contributed by atoms with Gasteiger partial charge in [0.2, 0.25) is 0 Å². The third kappa shape index (κ3) is 4.20. The number of nitriles is 1. The highest BCUT2D eigenvalue weighted by Crippen LogP contribution is 2.40. The van der Waals surface area contributed by atoms with Crippen LogP contribution < -0.4 is 0 Å². The van der Waals surface area contributed by atoms with Crippen molar-refractivity contribution in [3.63, 3.8) is 0 Å². The van der Waals surface area contributed by atoms with Gasteiger partial charge in [-0.2, -0.15) is 10.4 Å². The third-order valence-electron chi connectivity index (χ3n) is 6.43. The lowest BCUT2D eigenvalue weighted by Gasteiger charge is -2.39. The molecule has 2 aliphatic rings. The van der Waals surface area contributed by atoms with Crippen LogP contribution in [0.1, 0.15) is 74.0 Å². The molecule has 0 spiro atoms. The Hall–Kier alpha value is -3.14. The number of benzene rings is 1. The lowest BCUT2D eigenvalue weighted by molar-refractivity contribution is -0.143. The molecular formula is C24H28N4O3. The molecule has 1 aromatic carbocycles. The van der Waals surface area contributed by atoms with Gasteiger partial charge in [0.15, 0.2) is 11.8 Å². The van der Waals surface area contributed by atoms with Gasteiger partial charge in [-0.25, -0.2) is 9.48 Å². The standard InChI is InChI=1S/C24H28N4O3/c1-17(22(29)27(2)24(16-25)13-7-4-8-14-24)31-23(30)21-15-20(18-11-12-18)26-28(21)19-9-5-3-6-10-19/h3,5-6,9-10,15,17-18H,4,7-8,11-14H2,1-2H3/t17-/m0/s1. The number of amides is 1. The molecule has 31 heavy (non-hydrogen) atoms. The maximum Gasteiger partial charge on any atom is 0.357 e. The van der Waals surface area contributed by atoms with Crippen molar-refractivity contribution in [2.75, 3.05) is 7.05 Å². The molecule has 0 radical (unpaired) electrons. The molecule has 1 atom stereocenters. The second kappa shape index (κ2) is 8.54. The van der Waals surface area contributed by atoms with Crippen LogP contribution >= 0.6 is 0 Å². The first-order valence-corrected chi connectivity index (χ1v) is 11.0. The molecule has 2 aliphatic carbocycles. The first-order valence-electron chi connectivity index (χ1n) is 11.0. The van der Waals surface area contributed by atoms with Gasteiger partial charge in [0.05, 0.1) is 17.5 Å². The number of aromatic nitrogens is 2. The van der Waals surface area contributed by atoms with E-state index in [1.807, 2.05) is 30.3 Å². The highest BCUT2D eigenvalue weighted by molar-refractivity contribution is 5.91. The molecule has 2 fully saturated rings. The topological polar surface area (TPSA) is 88.2 Å². The minimum atomic E-state index is -0.992. The van der Waals surface area contributed by atoms with Crippen LogP contribution in [0, 0.1) is 11.3 Å². The lowest BCUT2D eigenvalue weighted by atomic mass is 9.81. The molecule has 0 bridgehead atoms. The number of esters is 1. The number of nitrogens with zero attached hydrogens (tertiary/aromatic N) is 4. The number of carbonyl (C=O) groups excluding carboxylic acids is 2. The number of rotatable bonds is 6. The van der Waals surface area contributed by atoms with Gasteiger partial charge in [-0.15, -0.1) is 0 Å². The summed E-state index contributed by atoms with van der Waals surface area (Å²) in [5, 5.41) is 14.4. The Morgan fingerprint density at radius 3 is 2.52 bits per heavy atom. The molecule has 7 nitrogen and oxygen atoms in total. The van der Waals surface area contributed by atoms with E-state index in [1.54, 1.807) is 24.7 Å². The van der Waals surface area contributed by atoms with Crippen LogP contribution in [0.25, 0.3) is 5.69 Å². The average Bonchev–Trinajstić information content (AvgIpc) is 3.57. The smallest absolute Gasteiger partial charge is 0.357 e. The third-order valence-corrected chi connectivity index (χ3v) is 6.43. The fraction of sp³-hybridized carbons (Fsp3) is 0.500. The predicted octanol–water partition coefficient (Wildman–Crippen LogP) is 3.98. The van der Waals surface area contributed by atoms with Gasteiger partial charge in [0.25, 0.3) is 5.91 Å². The fourth-order valence-corrected chi connectivity index (χ4v) is 4.30. The van der Waals surface area contributed by atoms with E-state index in [1.165, 1.54) is 4.90 Å². The zero-order chi connectivity index (χ0) is 22.0. The van der Waals surface area contributed by atoms with Gasteiger partial charge in [-0.1, -0.05) is 37.5 Å². The van der Waals surface area contributed by atoms with Gasteiger partial charge in [-0.05, 0) is 50.8 Å². The summed E-state index contributed by atoms with van der Waals surface area (Å²) < 4.78 is 7.17. The molecule has 1 amide bonds. The molecule has 1 aromatic heterocycles. The zero-order valence-corrected chi connectivity index (χ0v) is 18.1. The fourth-order valence-electron chi connectivity index (χ4n) is 4.30. The number of likely N-dealkylation sites (N-methyl/N-ethyl adjacent to an activating group) is 1. The molecule has 162 valence electrons. The molecule has 4 rings (SSSR count). The minimum absolute atomic E-state index is 0.308. The maximum atomic E-state index is 13.0. The van der Waals surface area contributed by atoms with E-state index in [-0.39, 0.29) is 5.91 Å². The molecule has 0 N–H and O–H groups in total. The van der Waals surface area contributed by atoms with E-state index in [2.05, 4.69) is 11.2 Å². The Kier molecular flexibility index (Phi) is 5.81. The highest BCUT2D eigenvalue weighted by atomic mass is 16.5. The SMILES string of the molecule is C[C@H](OC(=O)c1cc(C2CC2)nn1-c1ccccc1)C(=O)N(C)C1(C#N)CCCCC1. The molecule has 7 heteroatoms.